The van der Waals surface area contributed by atoms with Gasteiger partial charge in [0.25, 0.3) is 0 Å². The second-order valence-corrected chi connectivity index (χ2v) is 9.44. The number of ether oxygens (including phenoxy) is 1. The third kappa shape index (κ3) is 5.90. The van der Waals surface area contributed by atoms with Crippen molar-refractivity contribution in [3.05, 3.63) is 52.2 Å². The summed E-state index contributed by atoms with van der Waals surface area (Å²) in [6, 6.07) is 8.54. The fourth-order valence-electron chi connectivity index (χ4n) is 2.52. The van der Waals surface area contributed by atoms with E-state index in [1.54, 1.807) is 30.3 Å². The lowest BCUT2D eigenvalue weighted by Crippen LogP contribution is -2.26. The highest BCUT2D eigenvalue weighted by Crippen LogP contribution is 2.39. The second kappa shape index (κ2) is 10.8. The minimum Gasteiger partial charge on any atom is -0.451 e. The van der Waals surface area contributed by atoms with Crippen LogP contribution in [0, 0.1) is 10.7 Å². The van der Waals surface area contributed by atoms with E-state index < -0.39 is 12.1 Å². The molecule has 0 saturated heterocycles. The van der Waals surface area contributed by atoms with E-state index in [2.05, 4.69) is 10.6 Å². The molecule has 7 nitrogen and oxygen atoms in total. The molecule has 0 aliphatic carbocycles. The van der Waals surface area contributed by atoms with Crippen LogP contribution in [-0.2, 0) is 14.3 Å². The number of carbonyl (C=O) groups excluding carboxylic acids is 4. The molecular weight excluding hydrogens is 729 g/mol. The Hall–Kier alpha value is -1.29. The van der Waals surface area contributed by atoms with E-state index in [0.29, 0.717) is 27.6 Å². The number of nitrogens with one attached hydrogen (secondary N) is 2. The van der Waals surface area contributed by atoms with Crippen molar-refractivity contribution in [1.82, 2.24) is 0 Å². The molecule has 0 heterocycles. The number of anilines is 2. The molecule has 0 aromatic heterocycles. The molecule has 0 radical (unpaired) electrons. The van der Waals surface area contributed by atoms with E-state index >= 15 is 0 Å². The molecule has 2 aromatic rings. The summed E-state index contributed by atoms with van der Waals surface area (Å²) in [6.45, 7) is 4.20. The van der Waals surface area contributed by atoms with E-state index in [9.17, 15) is 19.2 Å². The van der Waals surface area contributed by atoms with Crippen molar-refractivity contribution >= 4 is 103 Å². The molecule has 1 unspecified atom stereocenters. The predicted molar refractivity (Wildman–Crippen MR) is 139 cm³/mol. The van der Waals surface area contributed by atoms with Gasteiger partial charge in [-0.3, -0.25) is 14.4 Å². The van der Waals surface area contributed by atoms with Gasteiger partial charge in [-0.1, -0.05) is 30.3 Å². The van der Waals surface area contributed by atoms with Crippen LogP contribution >= 0.6 is 67.8 Å². The smallest absolute Gasteiger partial charge is 0.341 e. The summed E-state index contributed by atoms with van der Waals surface area (Å²) in [5.74, 6) is -1.71. The lowest BCUT2D eigenvalue weighted by molar-refractivity contribution is -0.115. The normalized spacial score (nSPS) is 11.4. The highest BCUT2D eigenvalue weighted by Gasteiger charge is 2.29. The molecule has 0 spiro atoms. The largest absolute Gasteiger partial charge is 0.451 e. The number of halogens is 3. The minimum atomic E-state index is -1.01. The average Bonchev–Trinajstić information content (AvgIpc) is 2.68. The zero-order valence-electron chi connectivity index (χ0n) is 16.1. The summed E-state index contributed by atoms with van der Waals surface area (Å²) in [6.07, 6.45) is -1.01. The van der Waals surface area contributed by atoms with Gasteiger partial charge in [0.15, 0.2) is 6.10 Å². The summed E-state index contributed by atoms with van der Waals surface area (Å²) in [4.78, 5) is 48.9. The number of ketones is 1. The summed E-state index contributed by atoms with van der Waals surface area (Å²) in [5.41, 5.74) is 1.38. The second-order valence-electron chi connectivity index (χ2n) is 6.21. The van der Waals surface area contributed by atoms with Crippen LogP contribution in [0.15, 0.2) is 30.3 Å². The fraction of sp³-hybridized carbons (Fsp3) is 0.200. The number of amides is 2. The Morgan fingerprint density at radius 2 is 1.30 bits per heavy atom. The molecule has 0 bridgehead atoms. The van der Waals surface area contributed by atoms with Gasteiger partial charge in [-0.25, -0.2) is 4.79 Å². The van der Waals surface area contributed by atoms with Gasteiger partial charge in [-0.15, -0.1) is 0 Å². The lowest BCUT2D eigenvalue weighted by atomic mass is 10.1. The van der Waals surface area contributed by atoms with E-state index in [1.807, 2.05) is 67.8 Å². The van der Waals surface area contributed by atoms with Crippen molar-refractivity contribution in [2.75, 3.05) is 10.6 Å². The van der Waals surface area contributed by atoms with Crippen LogP contribution in [0.3, 0.4) is 0 Å². The van der Waals surface area contributed by atoms with Gasteiger partial charge in [-0.05, 0) is 74.7 Å². The molecule has 2 amide bonds. The third-order valence-corrected chi connectivity index (χ3v) is 7.07. The first-order chi connectivity index (χ1) is 14.0. The molecule has 30 heavy (non-hydrogen) atoms. The zero-order valence-corrected chi connectivity index (χ0v) is 22.6. The van der Waals surface area contributed by atoms with E-state index in [1.165, 1.54) is 20.8 Å². The van der Waals surface area contributed by atoms with Crippen molar-refractivity contribution in [1.29, 1.82) is 0 Å². The Bertz CT molecular complexity index is 982. The average molecular weight is 746 g/mol. The van der Waals surface area contributed by atoms with Crippen molar-refractivity contribution in [3.8, 4) is 0 Å². The monoisotopic (exact) mass is 746 g/mol. The topological polar surface area (TPSA) is 102 Å². The number of Topliss-reactive ketones (excluding diaryl/α,β-unsaturated/α-hetero) is 1. The number of benzene rings is 2. The van der Waals surface area contributed by atoms with Crippen LogP contribution in [-0.4, -0.2) is 29.7 Å². The quantitative estimate of drug-likeness (QED) is 0.251. The highest BCUT2D eigenvalue weighted by atomic mass is 127. The Morgan fingerprint density at radius 3 is 1.73 bits per heavy atom. The molecular formula is C20H17I3N2O5. The molecule has 0 aliphatic heterocycles. The predicted octanol–water partition coefficient (Wildman–Crippen LogP) is 4.85. The fourth-order valence-corrected chi connectivity index (χ4v) is 6.67. The summed E-state index contributed by atoms with van der Waals surface area (Å²) < 4.78 is 6.94. The minimum absolute atomic E-state index is 0.164. The van der Waals surface area contributed by atoms with Crippen molar-refractivity contribution in [2.24, 2.45) is 0 Å². The molecule has 0 saturated carbocycles. The number of rotatable bonds is 6. The van der Waals surface area contributed by atoms with Crippen molar-refractivity contribution in [3.63, 3.8) is 0 Å². The van der Waals surface area contributed by atoms with Crippen LogP contribution in [0.25, 0.3) is 0 Å². The Labute approximate surface area is 214 Å². The molecule has 2 N–H and O–H groups in total. The number of carbonyl (C=O) groups is 4. The van der Waals surface area contributed by atoms with Gasteiger partial charge in [0.1, 0.15) is 0 Å². The lowest BCUT2D eigenvalue weighted by Gasteiger charge is -2.20. The van der Waals surface area contributed by atoms with Crippen molar-refractivity contribution in [2.45, 2.75) is 26.9 Å². The van der Waals surface area contributed by atoms with Gasteiger partial charge in [0.2, 0.25) is 17.6 Å². The Morgan fingerprint density at radius 1 is 0.833 bits per heavy atom. The van der Waals surface area contributed by atoms with Crippen LogP contribution in [0.4, 0.5) is 11.4 Å². The maximum absolute atomic E-state index is 13.0. The van der Waals surface area contributed by atoms with Crippen molar-refractivity contribution < 1.29 is 23.9 Å². The summed E-state index contributed by atoms with van der Waals surface area (Å²) >= 11 is 5.89. The number of hydrogen-bond acceptors (Lipinski definition) is 5. The molecule has 1 atom stereocenters. The standard InChI is InChI=1S/C20H17I3N2O5/c1-9(19(28)12-7-5-4-6-8-12)30-20(29)13-14(21)17(24-10(2)26)16(23)18(15(13)22)25-11(3)27/h4-9H,1-3H3,(H,24,26)(H,25,27). The zero-order chi connectivity index (χ0) is 22.6. The summed E-state index contributed by atoms with van der Waals surface area (Å²) in [5, 5.41) is 5.39. The maximum atomic E-state index is 13.0. The summed E-state index contributed by atoms with van der Waals surface area (Å²) in [7, 11) is 0. The SMILES string of the molecule is CC(=O)Nc1c(I)c(NC(C)=O)c(I)c(C(=O)OC(C)C(=O)c2ccccc2)c1I. The van der Waals surface area contributed by atoms with Gasteiger partial charge in [0, 0.05) is 19.4 Å². The number of hydrogen-bond donors (Lipinski definition) is 2. The van der Waals surface area contributed by atoms with Crippen LogP contribution in [0.2, 0.25) is 0 Å². The molecule has 2 aromatic carbocycles. The van der Waals surface area contributed by atoms with Gasteiger partial charge in [0.05, 0.1) is 27.6 Å². The first-order valence-electron chi connectivity index (χ1n) is 8.60. The highest BCUT2D eigenvalue weighted by molar-refractivity contribution is 14.1. The maximum Gasteiger partial charge on any atom is 0.341 e. The molecule has 0 aliphatic rings. The van der Waals surface area contributed by atoms with E-state index in [-0.39, 0.29) is 23.2 Å². The van der Waals surface area contributed by atoms with Crippen LogP contribution in [0.1, 0.15) is 41.5 Å². The third-order valence-electron chi connectivity index (χ3n) is 3.83. The van der Waals surface area contributed by atoms with Gasteiger partial charge >= 0.3 is 5.97 Å². The molecule has 2 rings (SSSR count). The first-order valence-corrected chi connectivity index (χ1v) is 11.8. The Kier molecular flexibility index (Phi) is 9.02. The van der Waals surface area contributed by atoms with Gasteiger partial charge < -0.3 is 15.4 Å². The number of esters is 1. The molecule has 0 fully saturated rings. The Balaban J connectivity index is 2.48. The molecule has 158 valence electrons. The first kappa shape index (κ1) is 25.0. The van der Waals surface area contributed by atoms with E-state index in [4.69, 9.17) is 4.74 Å². The van der Waals surface area contributed by atoms with E-state index in [0.717, 1.165) is 0 Å². The molecule has 10 heteroatoms. The van der Waals surface area contributed by atoms with Crippen LogP contribution < -0.4 is 10.6 Å². The van der Waals surface area contributed by atoms with Crippen LogP contribution in [0.5, 0.6) is 0 Å². The van der Waals surface area contributed by atoms with Gasteiger partial charge in [-0.2, -0.15) is 0 Å².